The average molecular weight is 461 g/mol. The number of alkyl halides is 3. The molecular formula is C22H22F3N5O3. The Labute approximate surface area is 187 Å². The highest BCUT2D eigenvalue weighted by molar-refractivity contribution is 5.98. The van der Waals surface area contributed by atoms with Crippen LogP contribution in [0.3, 0.4) is 0 Å². The molecule has 2 aliphatic heterocycles. The van der Waals surface area contributed by atoms with E-state index < -0.39 is 11.7 Å². The van der Waals surface area contributed by atoms with Crippen LogP contribution < -0.4 is 15.4 Å². The van der Waals surface area contributed by atoms with E-state index in [1.54, 1.807) is 24.1 Å². The molecule has 0 bridgehead atoms. The van der Waals surface area contributed by atoms with Gasteiger partial charge in [-0.2, -0.15) is 13.2 Å². The van der Waals surface area contributed by atoms with E-state index >= 15 is 0 Å². The van der Waals surface area contributed by atoms with Gasteiger partial charge in [-0.05, 0) is 12.1 Å². The lowest BCUT2D eigenvalue weighted by Gasteiger charge is -2.27. The predicted octanol–water partition coefficient (Wildman–Crippen LogP) is 3.77. The molecule has 0 aliphatic carbocycles. The second kappa shape index (κ2) is 8.14. The highest BCUT2D eigenvalue weighted by atomic mass is 19.4. The van der Waals surface area contributed by atoms with Crippen molar-refractivity contribution in [2.45, 2.75) is 12.6 Å². The number of ether oxygens (including phenoxy) is 2. The van der Waals surface area contributed by atoms with E-state index in [1.807, 2.05) is 0 Å². The van der Waals surface area contributed by atoms with E-state index in [4.69, 9.17) is 9.47 Å². The molecule has 0 spiro atoms. The molecule has 0 radical (unpaired) electrons. The first-order chi connectivity index (χ1) is 15.9. The van der Waals surface area contributed by atoms with Gasteiger partial charge in [0.1, 0.15) is 17.2 Å². The molecule has 3 N–H and O–H groups in total. The Balaban J connectivity index is 1.49. The van der Waals surface area contributed by atoms with Crippen LogP contribution in [0.4, 0.5) is 30.4 Å². The fraction of sp³-hybridized carbons (Fsp3) is 0.364. The van der Waals surface area contributed by atoms with Gasteiger partial charge in [0.05, 0.1) is 36.5 Å². The number of aromatic nitrogens is 2. The summed E-state index contributed by atoms with van der Waals surface area (Å²) < 4.78 is 51.2. The van der Waals surface area contributed by atoms with E-state index in [-0.39, 0.29) is 22.6 Å². The zero-order chi connectivity index (χ0) is 23.2. The fourth-order valence-electron chi connectivity index (χ4n) is 4.29. The summed E-state index contributed by atoms with van der Waals surface area (Å²) in [4.78, 5) is 21.7. The third kappa shape index (κ3) is 3.82. The van der Waals surface area contributed by atoms with E-state index in [2.05, 4.69) is 20.6 Å². The second-order valence-electron chi connectivity index (χ2n) is 7.83. The largest absolute Gasteiger partial charge is 0.491 e. The average Bonchev–Trinajstić information content (AvgIpc) is 3.46. The number of hydrogen-bond acceptors (Lipinski definition) is 6. The third-order valence-corrected chi connectivity index (χ3v) is 5.87. The second-order valence-corrected chi connectivity index (χ2v) is 7.83. The van der Waals surface area contributed by atoms with Crippen LogP contribution in [-0.4, -0.2) is 60.7 Å². The van der Waals surface area contributed by atoms with Crippen molar-refractivity contribution >= 4 is 34.1 Å². The molecule has 2 aliphatic rings. The molecule has 4 heterocycles. The first kappa shape index (κ1) is 21.4. The Morgan fingerprint density at radius 1 is 1.18 bits per heavy atom. The number of hydrogen-bond donors (Lipinski definition) is 3. The highest BCUT2D eigenvalue weighted by Gasteiger charge is 2.35. The lowest BCUT2D eigenvalue weighted by molar-refractivity contribution is -0.136. The van der Waals surface area contributed by atoms with Crippen LogP contribution in [0.1, 0.15) is 21.5 Å². The monoisotopic (exact) mass is 461 g/mol. The standard InChI is InChI=1S/C22H22F3N5O3/c1-26-16-10-17(29-20-18(16)14(11-27-20)22(23,24)25)28-15-3-2-13(12-4-7-33-19(12)15)21(31)30-5-8-32-9-6-30/h2-3,10-11H,4-9H2,1H3,(H3,26,27,28,29). The van der Waals surface area contributed by atoms with Crippen LogP contribution in [-0.2, 0) is 17.3 Å². The maximum atomic E-state index is 13.4. The minimum Gasteiger partial charge on any atom is -0.491 e. The quantitative estimate of drug-likeness (QED) is 0.548. The fourth-order valence-corrected chi connectivity index (χ4v) is 4.29. The smallest absolute Gasteiger partial charge is 0.418 e. The summed E-state index contributed by atoms with van der Waals surface area (Å²) in [6.45, 7) is 2.56. The number of nitrogens with zero attached hydrogens (tertiary/aromatic N) is 2. The van der Waals surface area contributed by atoms with Crippen molar-refractivity contribution in [3.8, 4) is 5.75 Å². The maximum absolute atomic E-state index is 13.4. The number of amides is 1. The molecule has 5 rings (SSSR count). The highest BCUT2D eigenvalue weighted by Crippen LogP contribution is 2.41. The van der Waals surface area contributed by atoms with E-state index in [1.165, 1.54) is 6.07 Å². The Bertz CT molecular complexity index is 1220. The number of halogens is 3. The molecule has 0 saturated carbocycles. The number of morpholine rings is 1. The molecule has 8 nitrogen and oxygen atoms in total. The van der Waals surface area contributed by atoms with Gasteiger partial charge in [-0.1, -0.05) is 0 Å². The molecule has 33 heavy (non-hydrogen) atoms. The zero-order valence-corrected chi connectivity index (χ0v) is 17.8. The van der Waals surface area contributed by atoms with Gasteiger partial charge in [0.15, 0.2) is 0 Å². The van der Waals surface area contributed by atoms with Crippen LogP contribution in [0, 0.1) is 0 Å². The predicted molar refractivity (Wildman–Crippen MR) is 116 cm³/mol. The summed E-state index contributed by atoms with van der Waals surface area (Å²) in [5.41, 5.74) is 1.61. The molecule has 11 heteroatoms. The molecular weight excluding hydrogens is 439 g/mol. The van der Waals surface area contributed by atoms with Gasteiger partial charge in [-0.3, -0.25) is 4.79 Å². The van der Waals surface area contributed by atoms with Crippen LogP contribution >= 0.6 is 0 Å². The summed E-state index contributed by atoms with van der Waals surface area (Å²) in [5, 5.41) is 5.93. The molecule has 1 amide bonds. The molecule has 3 aromatic rings. The number of carbonyl (C=O) groups is 1. The van der Waals surface area contributed by atoms with Crippen LogP contribution in [0.25, 0.3) is 11.0 Å². The number of aromatic amines is 1. The van der Waals surface area contributed by atoms with E-state index in [0.29, 0.717) is 62.1 Å². The van der Waals surface area contributed by atoms with E-state index in [9.17, 15) is 18.0 Å². The van der Waals surface area contributed by atoms with Crippen molar-refractivity contribution in [3.05, 3.63) is 41.1 Å². The van der Waals surface area contributed by atoms with Crippen LogP contribution in [0.5, 0.6) is 5.75 Å². The van der Waals surface area contributed by atoms with Gasteiger partial charge in [0.25, 0.3) is 5.91 Å². The number of fused-ring (bicyclic) bond motifs is 2. The molecule has 174 valence electrons. The number of carbonyl (C=O) groups excluding carboxylic acids is 1. The molecule has 1 saturated heterocycles. The van der Waals surface area contributed by atoms with E-state index in [0.717, 1.165) is 11.8 Å². The minimum absolute atomic E-state index is 0.0246. The van der Waals surface area contributed by atoms with Gasteiger partial charge in [0.2, 0.25) is 0 Å². The summed E-state index contributed by atoms with van der Waals surface area (Å²) in [6.07, 6.45) is -3.00. The SMILES string of the molecule is CNc1cc(Nc2ccc(C(=O)N3CCOCC3)c3c2OCC3)nc2[nH]cc(C(F)(F)F)c12. The number of H-pyrrole nitrogens is 1. The Hall–Kier alpha value is -3.47. The number of benzene rings is 1. The van der Waals surface area contributed by atoms with Crippen molar-refractivity contribution < 1.29 is 27.4 Å². The van der Waals surface area contributed by atoms with Crippen molar-refractivity contribution in [3.63, 3.8) is 0 Å². The molecule has 2 aromatic heterocycles. The van der Waals surface area contributed by atoms with Gasteiger partial charge in [-0.15, -0.1) is 0 Å². The number of rotatable bonds is 4. The molecule has 0 atom stereocenters. The van der Waals surface area contributed by atoms with Gasteiger partial charge >= 0.3 is 6.18 Å². The first-order valence-corrected chi connectivity index (χ1v) is 10.6. The topological polar surface area (TPSA) is 91.5 Å². The molecule has 1 fully saturated rings. The summed E-state index contributed by atoms with van der Waals surface area (Å²) in [7, 11) is 1.55. The summed E-state index contributed by atoms with van der Waals surface area (Å²) in [5.74, 6) is 0.839. The normalized spacial score (nSPS) is 15.9. The lowest BCUT2D eigenvalue weighted by Crippen LogP contribution is -2.41. The summed E-state index contributed by atoms with van der Waals surface area (Å²) in [6, 6.07) is 5.00. The Morgan fingerprint density at radius 3 is 2.70 bits per heavy atom. The molecule has 1 aromatic carbocycles. The number of nitrogens with one attached hydrogen (secondary N) is 3. The number of pyridine rings is 1. The number of anilines is 3. The van der Waals surface area contributed by atoms with Gasteiger partial charge in [0, 0.05) is 55.6 Å². The third-order valence-electron chi connectivity index (χ3n) is 5.87. The lowest BCUT2D eigenvalue weighted by atomic mass is 10.0. The van der Waals surface area contributed by atoms with Crippen molar-refractivity contribution in [1.82, 2.24) is 14.9 Å². The zero-order valence-electron chi connectivity index (χ0n) is 17.8. The van der Waals surface area contributed by atoms with Gasteiger partial charge in [-0.25, -0.2) is 4.98 Å². The first-order valence-electron chi connectivity index (χ1n) is 10.6. The minimum atomic E-state index is -4.50. The van der Waals surface area contributed by atoms with Crippen molar-refractivity contribution in [1.29, 1.82) is 0 Å². The van der Waals surface area contributed by atoms with Crippen LogP contribution in [0.2, 0.25) is 0 Å². The van der Waals surface area contributed by atoms with Crippen LogP contribution in [0.15, 0.2) is 24.4 Å². The Kier molecular flexibility index (Phi) is 5.28. The molecule has 0 unspecified atom stereocenters. The maximum Gasteiger partial charge on any atom is 0.418 e. The van der Waals surface area contributed by atoms with Gasteiger partial charge < -0.3 is 30.0 Å². The Morgan fingerprint density at radius 2 is 1.97 bits per heavy atom. The van der Waals surface area contributed by atoms with Crippen molar-refractivity contribution in [2.24, 2.45) is 0 Å². The van der Waals surface area contributed by atoms with Crippen molar-refractivity contribution in [2.75, 3.05) is 50.6 Å². The summed E-state index contributed by atoms with van der Waals surface area (Å²) >= 11 is 0.